The van der Waals surface area contributed by atoms with Crippen molar-refractivity contribution in [3.05, 3.63) is 29.3 Å². The van der Waals surface area contributed by atoms with Crippen molar-refractivity contribution in [2.45, 2.75) is 36.9 Å². The van der Waals surface area contributed by atoms with Crippen LogP contribution in [0, 0.1) is 5.92 Å². The molecule has 0 N–H and O–H groups in total. The van der Waals surface area contributed by atoms with Gasteiger partial charge in [-0.3, -0.25) is 0 Å². The molecule has 0 amide bonds. The van der Waals surface area contributed by atoms with Crippen molar-refractivity contribution in [2.24, 2.45) is 5.92 Å². The maximum atomic E-state index is 5.81. The summed E-state index contributed by atoms with van der Waals surface area (Å²) in [7, 11) is 0. The van der Waals surface area contributed by atoms with Gasteiger partial charge in [-0.2, -0.15) is 0 Å². The number of fused-ring (bicyclic) bond motifs is 1. The van der Waals surface area contributed by atoms with Crippen molar-refractivity contribution in [1.82, 2.24) is 0 Å². The van der Waals surface area contributed by atoms with Gasteiger partial charge in [0.2, 0.25) is 0 Å². The second-order valence-corrected chi connectivity index (χ2v) is 6.17. The van der Waals surface area contributed by atoms with E-state index in [1.807, 2.05) is 0 Å². The van der Waals surface area contributed by atoms with Gasteiger partial charge in [0.15, 0.2) is 0 Å². The first kappa shape index (κ1) is 10.6. The smallest absolute Gasteiger partial charge is 0.126 e. The first-order valence-corrected chi connectivity index (χ1v) is 7.07. The van der Waals surface area contributed by atoms with E-state index in [4.69, 9.17) is 4.74 Å². The Bertz CT molecular complexity index is 402. The van der Waals surface area contributed by atoms with E-state index in [1.165, 1.54) is 29.7 Å². The van der Waals surface area contributed by atoms with Crippen molar-refractivity contribution >= 4 is 15.9 Å². The Morgan fingerprint density at radius 3 is 2.94 bits per heavy atom. The Kier molecular flexibility index (Phi) is 2.70. The third kappa shape index (κ3) is 1.58. The molecule has 3 unspecified atom stereocenters. The van der Waals surface area contributed by atoms with Crippen molar-refractivity contribution in [1.29, 1.82) is 0 Å². The van der Waals surface area contributed by atoms with Gasteiger partial charge in [0.1, 0.15) is 5.75 Å². The van der Waals surface area contributed by atoms with E-state index in [9.17, 15) is 0 Å². The topological polar surface area (TPSA) is 9.23 Å². The van der Waals surface area contributed by atoms with Crippen LogP contribution < -0.4 is 4.74 Å². The Morgan fingerprint density at radius 1 is 1.31 bits per heavy atom. The minimum Gasteiger partial charge on any atom is -0.493 e. The van der Waals surface area contributed by atoms with Crippen LogP contribution in [0.3, 0.4) is 0 Å². The van der Waals surface area contributed by atoms with Crippen molar-refractivity contribution in [3.8, 4) is 5.75 Å². The van der Waals surface area contributed by atoms with E-state index in [-0.39, 0.29) is 0 Å². The van der Waals surface area contributed by atoms with Gasteiger partial charge in [0.05, 0.1) is 6.61 Å². The van der Waals surface area contributed by atoms with Crippen LogP contribution in [0.25, 0.3) is 0 Å². The van der Waals surface area contributed by atoms with Crippen LogP contribution in [0.2, 0.25) is 0 Å². The quantitative estimate of drug-likeness (QED) is 0.709. The summed E-state index contributed by atoms with van der Waals surface area (Å²) >= 11 is 3.78. The largest absolute Gasteiger partial charge is 0.493 e. The predicted molar refractivity (Wildman–Crippen MR) is 69.5 cm³/mol. The van der Waals surface area contributed by atoms with E-state index >= 15 is 0 Å². The van der Waals surface area contributed by atoms with Crippen molar-refractivity contribution < 1.29 is 4.74 Å². The zero-order chi connectivity index (χ0) is 11.1. The molecule has 0 aromatic heterocycles. The molecule has 1 nitrogen and oxygen atoms in total. The van der Waals surface area contributed by atoms with Crippen LogP contribution >= 0.6 is 15.9 Å². The molecule has 16 heavy (non-hydrogen) atoms. The predicted octanol–water partition coefficient (Wildman–Crippen LogP) is 3.90. The maximum Gasteiger partial charge on any atom is 0.126 e. The highest BCUT2D eigenvalue weighted by Crippen LogP contribution is 2.47. The number of benzene rings is 1. The van der Waals surface area contributed by atoms with Crippen LogP contribution in [0.4, 0.5) is 0 Å². The fraction of sp³-hybridized carbons (Fsp3) is 0.571. The van der Waals surface area contributed by atoms with Crippen molar-refractivity contribution in [2.75, 3.05) is 6.61 Å². The second kappa shape index (κ2) is 4.06. The van der Waals surface area contributed by atoms with E-state index in [2.05, 4.69) is 41.1 Å². The van der Waals surface area contributed by atoms with Crippen LogP contribution in [-0.2, 0) is 6.42 Å². The lowest BCUT2D eigenvalue weighted by Crippen LogP contribution is -2.09. The molecular weight excluding hydrogens is 264 g/mol. The minimum absolute atomic E-state index is 0.676. The number of hydrogen-bond acceptors (Lipinski definition) is 1. The molecule has 1 saturated carbocycles. The van der Waals surface area contributed by atoms with Crippen LogP contribution in [0.1, 0.15) is 36.8 Å². The summed E-state index contributed by atoms with van der Waals surface area (Å²) in [6, 6.07) is 6.66. The lowest BCUT2D eigenvalue weighted by molar-refractivity contribution is 0.348. The van der Waals surface area contributed by atoms with Gasteiger partial charge in [0, 0.05) is 11.2 Å². The van der Waals surface area contributed by atoms with Gasteiger partial charge in [-0.05, 0) is 35.8 Å². The summed E-state index contributed by atoms with van der Waals surface area (Å²) in [5, 5.41) is 0. The molecule has 2 heteroatoms. The summed E-state index contributed by atoms with van der Waals surface area (Å²) in [4.78, 5) is 0.676. The average Bonchev–Trinajstić information content (AvgIpc) is 2.87. The van der Waals surface area contributed by atoms with Gasteiger partial charge in [0.25, 0.3) is 0 Å². The number of halogens is 1. The molecule has 3 atom stereocenters. The zero-order valence-electron chi connectivity index (χ0n) is 9.58. The number of ether oxygens (including phenoxy) is 1. The normalized spacial score (nSPS) is 32.5. The Balaban J connectivity index is 1.98. The highest BCUT2D eigenvalue weighted by molar-refractivity contribution is 9.09. The fourth-order valence-electron chi connectivity index (χ4n) is 3.09. The highest BCUT2D eigenvalue weighted by Gasteiger charge is 2.34. The highest BCUT2D eigenvalue weighted by atomic mass is 79.9. The number of para-hydroxylation sites is 1. The average molecular weight is 281 g/mol. The SMILES string of the molecule is CC1C(Br)CCC1c1cccc2c1OCC2. The van der Waals surface area contributed by atoms with Gasteiger partial charge in [-0.1, -0.05) is 41.1 Å². The van der Waals surface area contributed by atoms with Crippen LogP contribution in [-0.4, -0.2) is 11.4 Å². The third-order valence-corrected chi connectivity index (χ3v) is 5.39. The van der Waals surface area contributed by atoms with Crippen LogP contribution in [0.15, 0.2) is 18.2 Å². The minimum atomic E-state index is 0.676. The van der Waals surface area contributed by atoms with Crippen molar-refractivity contribution in [3.63, 3.8) is 0 Å². The second-order valence-electron chi connectivity index (χ2n) is 4.99. The van der Waals surface area contributed by atoms with Gasteiger partial charge in [-0.15, -0.1) is 0 Å². The molecule has 0 spiro atoms. The molecule has 1 aromatic carbocycles. The molecule has 0 bridgehead atoms. The van der Waals surface area contributed by atoms with Gasteiger partial charge >= 0.3 is 0 Å². The zero-order valence-corrected chi connectivity index (χ0v) is 11.2. The van der Waals surface area contributed by atoms with E-state index in [1.54, 1.807) is 0 Å². The Hall–Kier alpha value is -0.500. The molecule has 3 rings (SSSR count). The van der Waals surface area contributed by atoms with Crippen LogP contribution in [0.5, 0.6) is 5.75 Å². The summed E-state index contributed by atoms with van der Waals surface area (Å²) in [6.07, 6.45) is 3.66. The van der Waals surface area contributed by atoms with E-state index in [0.29, 0.717) is 10.7 Å². The Morgan fingerprint density at radius 2 is 2.19 bits per heavy atom. The third-order valence-electron chi connectivity index (χ3n) is 4.10. The van der Waals surface area contributed by atoms with E-state index < -0.39 is 0 Å². The fourth-order valence-corrected chi connectivity index (χ4v) is 3.72. The molecule has 86 valence electrons. The maximum absolute atomic E-state index is 5.81. The first-order chi connectivity index (χ1) is 7.77. The molecule has 0 radical (unpaired) electrons. The first-order valence-electron chi connectivity index (χ1n) is 6.16. The number of hydrogen-bond donors (Lipinski definition) is 0. The molecular formula is C14H17BrO. The summed E-state index contributed by atoms with van der Waals surface area (Å²) in [5.74, 6) is 2.59. The lowest BCUT2D eigenvalue weighted by atomic mass is 9.88. The summed E-state index contributed by atoms with van der Waals surface area (Å²) < 4.78 is 5.81. The summed E-state index contributed by atoms with van der Waals surface area (Å²) in [6.45, 7) is 3.22. The molecule has 1 aliphatic carbocycles. The molecule has 0 saturated heterocycles. The van der Waals surface area contributed by atoms with E-state index in [0.717, 1.165) is 18.9 Å². The van der Waals surface area contributed by atoms with Gasteiger partial charge in [-0.25, -0.2) is 0 Å². The number of rotatable bonds is 1. The van der Waals surface area contributed by atoms with Gasteiger partial charge < -0.3 is 4.74 Å². The molecule has 2 aliphatic rings. The molecule has 1 fully saturated rings. The molecule has 1 aliphatic heterocycles. The lowest BCUT2D eigenvalue weighted by Gasteiger charge is -2.20. The standard InChI is InChI=1S/C14H17BrO/c1-9-11(5-6-13(9)15)12-4-2-3-10-7-8-16-14(10)12/h2-4,9,11,13H,5-8H2,1H3. The number of alkyl halides is 1. The summed E-state index contributed by atoms with van der Waals surface area (Å²) in [5.41, 5.74) is 2.85. The Labute approximate surface area is 105 Å². The monoisotopic (exact) mass is 280 g/mol. The molecule has 1 heterocycles. The molecule has 1 aromatic rings.